The zero-order chi connectivity index (χ0) is 21.8. The predicted molar refractivity (Wildman–Crippen MR) is 116 cm³/mol. The van der Waals surface area contributed by atoms with Crippen LogP contribution >= 0.6 is 11.3 Å². The minimum atomic E-state index is -4.31. The summed E-state index contributed by atoms with van der Waals surface area (Å²) in [5.74, 6) is 0.135. The smallest absolute Gasteiger partial charge is 0.416 e. The van der Waals surface area contributed by atoms with Gasteiger partial charge in [0.15, 0.2) is 5.76 Å². The SMILES string of the molecule is O=C(NCCCCN1CCN(c2csc3cc(C(F)(F)F)ccc23)CC1)c1ccco1. The van der Waals surface area contributed by atoms with Crippen molar-refractivity contribution >= 4 is 33.0 Å². The van der Waals surface area contributed by atoms with Crippen molar-refractivity contribution < 1.29 is 22.4 Å². The summed E-state index contributed by atoms with van der Waals surface area (Å²) in [4.78, 5) is 16.5. The van der Waals surface area contributed by atoms with Gasteiger partial charge in [-0.25, -0.2) is 0 Å². The Balaban J connectivity index is 1.21. The van der Waals surface area contributed by atoms with Crippen molar-refractivity contribution in [3.05, 3.63) is 53.3 Å². The van der Waals surface area contributed by atoms with Crippen molar-refractivity contribution in [2.45, 2.75) is 19.0 Å². The van der Waals surface area contributed by atoms with Crippen LogP contribution in [0.25, 0.3) is 10.1 Å². The average Bonchev–Trinajstić information content (AvgIpc) is 3.43. The van der Waals surface area contributed by atoms with Crippen LogP contribution in [-0.4, -0.2) is 50.1 Å². The minimum absolute atomic E-state index is 0.191. The number of piperazine rings is 1. The normalized spacial score (nSPS) is 15.5. The predicted octanol–water partition coefficient (Wildman–Crippen LogP) is 4.85. The van der Waals surface area contributed by atoms with Crippen LogP contribution in [0.5, 0.6) is 0 Å². The molecule has 5 nitrogen and oxygen atoms in total. The van der Waals surface area contributed by atoms with Crippen LogP contribution in [0.4, 0.5) is 18.9 Å². The molecule has 3 heterocycles. The molecule has 1 amide bonds. The third kappa shape index (κ3) is 5.22. The van der Waals surface area contributed by atoms with Crippen molar-refractivity contribution in [1.82, 2.24) is 10.2 Å². The second-order valence-electron chi connectivity index (χ2n) is 7.60. The third-order valence-electron chi connectivity index (χ3n) is 5.53. The van der Waals surface area contributed by atoms with Crippen molar-refractivity contribution in [3.63, 3.8) is 0 Å². The second kappa shape index (κ2) is 9.32. The summed E-state index contributed by atoms with van der Waals surface area (Å²) < 4.78 is 44.5. The summed E-state index contributed by atoms with van der Waals surface area (Å²) in [5.41, 5.74) is 0.424. The molecular weight excluding hydrogens is 427 g/mol. The van der Waals surface area contributed by atoms with Crippen LogP contribution in [0.1, 0.15) is 29.0 Å². The van der Waals surface area contributed by atoms with Gasteiger partial charge in [-0.05, 0) is 43.7 Å². The molecular formula is C22H24F3N3O2S. The highest BCUT2D eigenvalue weighted by Gasteiger charge is 2.31. The van der Waals surface area contributed by atoms with Gasteiger partial charge in [0, 0.05) is 48.2 Å². The number of rotatable bonds is 7. The third-order valence-corrected chi connectivity index (χ3v) is 6.46. The molecule has 1 saturated heterocycles. The number of amides is 1. The molecule has 9 heteroatoms. The van der Waals surface area contributed by atoms with E-state index < -0.39 is 11.7 Å². The lowest BCUT2D eigenvalue weighted by Crippen LogP contribution is -2.46. The molecule has 0 saturated carbocycles. The molecule has 1 fully saturated rings. The van der Waals surface area contributed by atoms with Crippen molar-refractivity contribution in [2.75, 3.05) is 44.2 Å². The summed E-state index contributed by atoms with van der Waals surface area (Å²) in [5, 5.41) is 5.70. The maximum atomic E-state index is 12.9. The average molecular weight is 452 g/mol. The van der Waals surface area contributed by atoms with E-state index in [-0.39, 0.29) is 5.91 Å². The van der Waals surface area contributed by atoms with E-state index in [1.165, 1.54) is 29.7 Å². The molecule has 0 aliphatic carbocycles. The Morgan fingerprint density at radius 2 is 1.94 bits per heavy atom. The molecule has 1 aliphatic heterocycles. The van der Waals surface area contributed by atoms with Gasteiger partial charge in [-0.3, -0.25) is 9.69 Å². The quantitative estimate of drug-likeness (QED) is 0.522. The van der Waals surface area contributed by atoms with Crippen molar-refractivity contribution in [3.8, 4) is 0 Å². The number of halogens is 3. The maximum Gasteiger partial charge on any atom is 0.416 e. The van der Waals surface area contributed by atoms with E-state index in [2.05, 4.69) is 15.1 Å². The van der Waals surface area contributed by atoms with E-state index in [9.17, 15) is 18.0 Å². The highest BCUT2D eigenvalue weighted by molar-refractivity contribution is 7.17. The van der Waals surface area contributed by atoms with Gasteiger partial charge in [0.05, 0.1) is 17.5 Å². The molecule has 0 bridgehead atoms. The Labute approximate surface area is 182 Å². The Bertz CT molecular complexity index is 1010. The fourth-order valence-electron chi connectivity index (χ4n) is 3.81. The molecule has 0 spiro atoms. The van der Waals surface area contributed by atoms with Crippen molar-refractivity contribution in [2.24, 2.45) is 0 Å². The van der Waals surface area contributed by atoms with Crippen LogP contribution in [0.2, 0.25) is 0 Å². The van der Waals surface area contributed by atoms with Gasteiger partial charge >= 0.3 is 6.18 Å². The summed E-state index contributed by atoms with van der Waals surface area (Å²) >= 11 is 1.36. The topological polar surface area (TPSA) is 48.7 Å². The van der Waals surface area contributed by atoms with Crippen LogP contribution < -0.4 is 10.2 Å². The lowest BCUT2D eigenvalue weighted by atomic mass is 10.1. The zero-order valence-electron chi connectivity index (χ0n) is 17.0. The molecule has 1 aliphatic rings. The number of anilines is 1. The summed E-state index contributed by atoms with van der Waals surface area (Å²) in [6.07, 6.45) is -0.956. The van der Waals surface area contributed by atoms with E-state index >= 15 is 0 Å². The van der Waals surface area contributed by atoms with Gasteiger partial charge in [-0.15, -0.1) is 11.3 Å². The van der Waals surface area contributed by atoms with Crippen LogP contribution in [-0.2, 0) is 6.18 Å². The van der Waals surface area contributed by atoms with E-state index in [0.29, 0.717) is 17.0 Å². The standard InChI is InChI=1S/C22H24F3N3O2S/c23-22(24,25)16-5-6-17-18(15-31-20(17)14-16)28-11-9-27(10-12-28)8-2-1-7-26-21(29)19-4-3-13-30-19/h3-6,13-15H,1-2,7-12H2,(H,26,29). The summed E-state index contributed by atoms with van der Waals surface area (Å²) in [7, 11) is 0. The van der Waals surface area contributed by atoms with E-state index in [1.807, 2.05) is 5.38 Å². The number of nitrogens with one attached hydrogen (secondary N) is 1. The fourth-order valence-corrected chi connectivity index (χ4v) is 4.81. The molecule has 0 radical (unpaired) electrons. The Kier molecular flexibility index (Phi) is 6.52. The lowest BCUT2D eigenvalue weighted by molar-refractivity contribution is -0.137. The number of hydrogen-bond donors (Lipinski definition) is 1. The molecule has 3 aromatic rings. The minimum Gasteiger partial charge on any atom is -0.459 e. The number of alkyl halides is 3. The summed E-state index contributed by atoms with van der Waals surface area (Å²) in [6, 6.07) is 7.32. The fraction of sp³-hybridized carbons (Fsp3) is 0.409. The largest absolute Gasteiger partial charge is 0.459 e. The van der Waals surface area contributed by atoms with E-state index in [4.69, 9.17) is 4.42 Å². The van der Waals surface area contributed by atoms with Gasteiger partial charge in [0.25, 0.3) is 5.91 Å². The number of hydrogen-bond acceptors (Lipinski definition) is 5. The highest BCUT2D eigenvalue weighted by Crippen LogP contribution is 2.38. The van der Waals surface area contributed by atoms with Crippen LogP contribution in [0.15, 0.2) is 46.4 Å². The number of carbonyl (C=O) groups is 1. The second-order valence-corrected chi connectivity index (χ2v) is 8.51. The first kappa shape index (κ1) is 21.7. The Morgan fingerprint density at radius 1 is 1.13 bits per heavy atom. The molecule has 0 unspecified atom stereocenters. The first-order chi connectivity index (χ1) is 14.9. The van der Waals surface area contributed by atoms with Crippen LogP contribution in [0, 0.1) is 0 Å². The molecule has 4 rings (SSSR count). The summed E-state index contributed by atoms with van der Waals surface area (Å²) in [6.45, 7) is 5.10. The van der Waals surface area contributed by atoms with Crippen molar-refractivity contribution in [1.29, 1.82) is 0 Å². The molecule has 166 valence electrons. The molecule has 0 atom stereocenters. The number of nitrogens with zero attached hydrogens (tertiary/aromatic N) is 2. The number of thiophene rings is 1. The Morgan fingerprint density at radius 3 is 2.65 bits per heavy atom. The van der Waals surface area contributed by atoms with Gasteiger partial charge in [-0.2, -0.15) is 13.2 Å². The van der Waals surface area contributed by atoms with E-state index in [1.54, 1.807) is 18.2 Å². The maximum absolute atomic E-state index is 12.9. The molecule has 1 aromatic carbocycles. The van der Waals surface area contributed by atoms with Gasteiger partial charge < -0.3 is 14.6 Å². The Hall–Kier alpha value is -2.52. The first-order valence-corrected chi connectivity index (χ1v) is 11.2. The molecule has 1 N–H and O–H groups in total. The van der Waals surface area contributed by atoms with Gasteiger partial charge in [0.2, 0.25) is 0 Å². The van der Waals surface area contributed by atoms with Gasteiger partial charge in [-0.1, -0.05) is 6.07 Å². The number of benzene rings is 1. The monoisotopic (exact) mass is 451 g/mol. The number of fused-ring (bicyclic) bond motifs is 1. The lowest BCUT2D eigenvalue weighted by Gasteiger charge is -2.36. The van der Waals surface area contributed by atoms with Crippen LogP contribution in [0.3, 0.4) is 0 Å². The number of furan rings is 1. The molecule has 31 heavy (non-hydrogen) atoms. The number of unbranched alkanes of at least 4 members (excludes halogenated alkanes) is 1. The van der Waals surface area contributed by atoms with E-state index in [0.717, 1.165) is 56.6 Å². The van der Waals surface area contributed by atoms with Gasteiger partial charge in [0.1, 0.15) is 0 Å². The zero-order valence-corrected chi connectivity index (χ0v) is 17.8. The first-order valence-electron chi connectivity index (χ1n) is 10.3. The molecule has 2 aromatic heterocycles. The number of carbonyl (C=O) groups excluding carboxylic acids is 1. The highest BCUT2D eigenvalue weighted by atomic mass is 32.1.